The number of nitrogens with zero attached hydrogens (tertiary/aromatic N) is 2. The van der Waals surface area contributed by atoms with Crippen LogP contribution in [0.2, 0.25) is 0 Å². The van der Waals surface area contributed by atoms with Crippen molar-refractivity contribution in [2.75, 3.05) is 9.80 Å². The molecule has 4 amide bonds. The van der Waals surface area contributed by atoms with Gasteiger partial charge in [0.05, 0.1) is 24.2 Å². The van der Waals surface area contributed by atoms with E-state index in [0.717, 1.165) is 9.80 Å². The first-order valence-corrected chi connectivity index (χ1v) is 9.62. The van der Waals surface area contributed by atoms with E-state index < -0.39 is 22.6 Å². The zero-order valence-corrected chi connectivity index (χ0v) is 16.4. The topological polar surface area (TPSA) is 84.0 Å². The molecule has 2 fully saturated rings. The van der Waals surface area contributed by atoms with Gasteiger partial charge in [-0.2, -0.15) is 0 Å². The first kappa shape index (κ1) is 19.4. The summed E-state index contributed by atoms with van der Waals surface area (Å²) in [5.74, 6) is -0.597. The zero-order valence-electron chi connectivity index (χ0n) is 14.9. The third-order valence-electron chi connectivity index (χ3n) is 4.61. The quantitative estimate of drug-likeness (QED) is 0.546. The van der Waals surface area contributed by atoms with Crippen molar-refractivity contribution in [2.45, 2.75) is 23.6 Å². The van der Waals surface area contributed by atoms with E-state index in [2.05, 4.69) is 0 Å². The van der Waals surface area contributed by atoms with Crippen LogP contribution in [-0.4, -0.2) is 34.4 Å². The Balaban J connectivity index is 1.46. The number of imide groups is 2. The summed E-state index contributed by atoms with van der Waals surface area (Å²) in [7, 11) is 0. The molecule has 148 valence electrons. The average molecular weight is 433 g/mol. The van der Waals surface area contributed by atoms with Crippen molar-refractivity contribution in [1.29, 1.82) is 0 Å². The first-order valence-electron chi connectivity index (χ1n) is 8.75. The Kier molecular flexibility index (Phi) is 5.02. The largest absolute Gasteiger partial charge is 0.457 e. The van der Waals surface area contributed by atoms with Crippen molar-refractivity contribution in [2.24, 2.45) is 0 Å². The van der Waals surface area contributed by atoms with E-state index in [0.29, 0.717) is 22.9 Å². The number of carbonyl (C=O) groups is 4. The number of rotatable bonds is 4. The minimum atomic E-state index is -0.833. The molecule has 4 rings (SSSR count). The molecule has 0 saturated carbocycles. The number of alkyl halides is 2. The number of hydrogen-bond donors (Lipinski definition) is 0. The van der Waals surface area contributed by atoms with Crippen molar-refractivity contribution in [3.05, 3.63) is 48.5 Å². The van der Waals surface area contributed by atoms with Crippen LogP contribution in [-0.2, 0) is 19.2 Å². The number of amides is 4. The first-order chi connectivity index (χ1) is 13.8. The highest BCUT2D eigenvalue weighted by molar-refractivity contribution is 6.41. The highest BCUT2D eigenvalue weighted by Gasteiger charge is 2.39. The number of ether oxygens (including phenoxy) is 1. The van der Waals surface area contributed by atoms with Crippen LogP contribution in [0, 0.1) is 0 Å². The molecule has 2 aromatic rings. The van der Waals surface area contributed by atoms with E-state index in [1.807, 2.05) is 0 Å². The second-order valence-electron chi connectivity index (χ2n) is 6.57. The van der Waals surface area contributed by atoms with Crippen LogP contribution in [0.3, 0.4) is 0 Å². The monoisotopic (exact) mass is 432 g/mol. The highest BCUT2D eigenvalue weighted by Crippen LogP contribution is 2.31. The van der Waals surface area contributed by atoms with Gasteiger partial charge in [-0.1, -0.05) is 0 Å². The Bertz CT molecular complexity index is 925. The van der Waals surface area contributed by atoms with Gasteiger partial charge in [-0.05, 0) is 48.5 Å². The van der Waals surface area contributed by atoms with Crippen LogP contribution >= 0.6 is 23.2 Å². The van der Waals surface area contributed by atoms with Crippen LogP contribution in [0.15, 0.2) is 48.5 Å². The van der Waals surface area contributed by atoms with Crippen molar-refractivity contribution < 1.29 is 23.9 Å². The molecule has 2 aromatic carbocycles. The lowest BCUT2D eigenvalue weighted by atomic mass is 10.2. The van der Waals surface area contributed by atoms with Crippen LogP contribution in [0.5, 0.6) is 11.5 Å². The molecule has 0 bridgehead atoms. The van der Waals surface area contributed by atoms with E-state index in [1.54, 1.807) is 48.5 Å². The smallest absolute Gasteiger partial charge is 0.252 e. The van der Waals surface area contributed by atoms with E-state index >= 15 is 0 Å². The number of anilines is 2. The summed E-state index contributed by atoms with van der Waals surface area (Å²) < 4.78 is 5.73. The van der Waals surface area contributed by atoms with E-state index in [-0.39, 0.29) is 24.7 Å². The van der Waals surface area contributed by atoms with Crippen LogP contribution in [0.25, 0.3) is 0 Å². The van der Waals surface area contributed by atoms with Crippen LogP contribution in [0.1, 0.15) is 12.8 Å². The highest BCUT2D eigenvalue weighted by atomic mass is 35.5. The van der Waals surface area contributed by atoms with Crippen molar-refractivity contribution in [3.8, 4) is 11.5 Å². The predicted octanol–water partition coefficient (Wildman–Crippen LogP) is 3.22. The molecule has 2 aliphatic rings. The van der Waals surface area contributed by atoms with Gasteiger partial charge in [0.25, 0.3) is 11.8 Å². The average Bonchev–Trinajstić information content (AvgIpc) is 3.10. The third kappa shape index (κ3) is 3.59. The molecule has 2 unspecified atom stereocenters. The third-order valence-corrected chi connectivity index (χ3v) is 5.29. The molecule has 0 radical (unpaired) electrons. The summed E-state index contributed by atoms with van der Waals surface area (Å²) in [6.45, 7) is 0. The molecule has 0 spiro atoms. The summed E-state index contributed by atoms with van der Waals surface area (Å²) in [4.78, 5) is 49.9. The maximum Gasteiger partial charge on any atom is 0.252 e. The SMILES string of the molecule is O=C1CC(Cl)C(=O)N1c1ccc(Oc2ccc(N3C(=O)CC(Cl)C3=O)cc2)cc1. The van der Waals surface area contributed by atoms with Gasteiger partial charge < -0.3 is 4.74 Å². The zero-order chi connectivity index (χ0) is 20.7. The lowest BCUT2D eigenvalue weighted by Gasteiger charge is -2.16. The summed E-state index contributed by atoms with van der Waals surface area (Å²) in [5, 5.41) is -1.67. The summed E-state index contributed by atoms with van der Waals surface area (Å²) >= 11 is 11.7. The minimum Gasteiger partial charge on any atom is -0.457 e. The maximum absolute atomic E-state index is 12.0. The molecule has 2 heterocycles. The molecule has 9 heteroatoms. The number of carbonyl (C=O) groups excluding carboxylic acids is 4. The molecule has 2 saturated heterocycles. The lowest BCUT2D eigenvalue weighted by molar-refractivity contribution is -0.122. The second kappa shape index (κ2) is 7.50. The Morgan fingerprint density at radius 3 is 1.28 bits per heavy atom. The van der Waals surface area contributed by atoms with Gasteiger partial charge >= 0.3 is 0 Å². The molecule has 2 aliphatic heterocycles. The van der Waals surface area contributed by atoms with Gasteiger partial charge in [0.1, 0.15) is 22.3 Å². The van der Waals surface area contributed by atoms with E-state index in [4.69, 9.17) is 27.9 Å². The molecule has 7 nitrogen and oxygen atoms in total. The minimum absolute atomic E-state index is 0.0164. The van der Waals surface area contributed by atoms with E-state index in [1.165, 1.54) is 0 Å². The van der Waals surface area contributed by atoms with Gasteiger partial charge in [0, 0.05) is 0 Å². The van der Waals surface area contributed by atoms with Gasteiger partial charge in [0.2, 0.25) is 11.8 Å². The molecule has 29 heavy (non-hydrogen) atoms. The normalized spacial score (nSPS) is 22.0. The van der Waals surface area contributed by atoms with Gasteiger partial charge in [-0.25, -0.2) is 9.80 Å². The van der Waals surface area contributed by atoms with Crippen molar-refractivity contribution >= 4 is 58.2 Å². The fourth-order valence-corrected chi connectivity index (χ4v) is 3.65. The fourth-order valence-electron chi connectivity index (χ4n) is 3.19. The van der Waals surface area contributed by atoms with Gasteiger partial charge in [0.15, 0.2) is 0 Å². The molecule has 2 atom stereocenters. The molecule has 0 aliphatic carbocycles. The predicted molar refractivity (Wildman–Crippen MR) is 106 cm³/mol. The molecular weight excluding hydrogens is 419 g/mol. The number of halogens is 2. The number of hydrogen-bond acceptors (Lipinski definition) is 5. The lowest BCUT2D eigenvalue weighted by Crippen LogP contribution is -2.30. The molecule has 0 aromatic heterocycles. The van der Waals surface area contributed by atoms with Crippen molar-refractivity contribution in [1.82, 2.24) is 0 Å². The Morgan fingerprint density at radius 2 is 1.00 bits per heavy atom. The van der Waals surface area contributed by atoms with Crippen molar-refractivity contribution in [3.63, 3.8) is 0 Å². The van der Waals surface area contributed by atoms with Gasteiger partial charge in [-0.15, -0.1) is 23.2 Å². The Morgan fingerprint density at radius 1 is 0.655 bits per heavy atom. The fraction of sp³-hybridized carbons (Fsp3) is 0.200. The number of benzene rings is 2. The summed E-state index contributed by atoms with van der Waals surface area (Å²) in [6.07, 6.45) is -0.0328. The van der Waals surface area contributed by atoms with E-state index in [9.17, 15) is 19.2 Å². The Hall–Kier alpha value is -2.90. The van der Waals surface area contributed by atoms with Crippen LogP contribution < -0.4 is 14.5 Å². The second-order valence-corrected chi connectivity index (χ2v) is 7.62. The van der Waals surface area contributed by atoms with Gasteiger partial charge in [-0.3, -0.25) is 19.2 Å². The summed E-state index contributed by atoms with van der Waals surface area (Å²) in [6, 6.07) is 12.9. The molecular formula is C20H14Cl2N2O5. The van der Waals surface area contributed by atoms with Crippen LogP contribution in [0.4, 0.5) is 11.4 Å². The maximum atomic E-state index is 12.0. The standard InChI is InChI=1S/C20H14Cl2N2O5/c21-15-9-17(25)23(19(15)27)11-1-5-13(6-2-11)29-14-7-3-12(4-8-14)24-18(26)10-16(22)20(24)28/h1-8,15-16H,9-10H2. The Labute approximate surface area is 175 Å². The summed E-state index contributed by atoms with van der Waals surface area (Å²) in [5.41, 5.74) is 0.847. The molecule has 0 N–H and O–H groups in total.